The lowest BCUT2D eigenvalue weighted by Gasteiger charge is -2.26. The Kier molecular flexibility index (Phi) is 5.87. The first kappa shape index (κ1) is 20.8. The fraction of sp³-hybridized carbons (Fsp3) is 0.0769. The van der Waals surface area contributed by atoms with Gasteiger partial charge in [-0.3, -0.25) is 9.59 Å². The SMILES string of the molecule is COC1=C(c2ccc(N(c3ccccc3)c3ccccc3)cc2)C(=O)C(C)=C(Br)C1=O. The van der Waals surface area contributed by atoms with Crippen LogP contribution in [0.3, 0.4) is 0 Å². The van der Waals surface area contributed by atoms with Crippen molar-refractivity contribution >= 4 is 50.1 Å². The summed E-state index contributed by atoms with van der Waals surface area (Å²) in [6.07, 6.45) is 0. The third-order valence-electron chi connectivity index (χ3n) is 5.18. The standard InChI is InChI=1S/C26H20BrNO3/c1-17-23(27)25(30)26(31-2)22(24(17)29)18-13-15-21(16-14-18)28(19-9-5-3-6-10-19)20-11-7-4-8-12-20/h3-16H,1-2H3. The van der Waals surface area contributed by atoms with Gasteiger partial charge in [0.25, 0.3) is 0 Å². The van der Waals surface area contributed by atoms with Gasteiger partial charge in [-0.1, -0.05) is 48.5 Å². The highest BCUT2D eigenvalue weighted by atomic mass is 79.9. The van der Waals surface area contributed by atoms with E-state index in [-0.39, 0.29) is 27.4 Å². The highest BCUT2D eigenvalue weighted by molar-refractivity contribution is 9.12. The molecule has 3 aromatic rings. The number of Topliss-reactive ketones (excluding diaryl/α,β-unsaturated/α-hetero) is 2. The van der Waals surface area contributed by atoms with Crippen LogP contribution in [-0.4, -0.2) is 18.7 Å². The maximum Gasteiger partial charge on any atom is 0.235 e. The van der Waals surface area contributed by atoms with Crippen molar-refractivity contribution in [3.63, 3.8) is 0 Å². The predicted molar refractivity (Wildman–Crippen MR) is 127 cm³/mol. The molecule has 0 bridgehead atoms. The number of carbonyl (C=O) groups excluding carboxylic acids is 2. The number of ether oxygens (including phenoxy) is 1. The molecule has 1 aliphatic carbocycles. The number of benzene rings is 3. The molecule has 3 aromatic carbocycles. The minimum Gasteiger partial charge on any atom is -0.492 e. The zero-order valence-electron chi connectivity index (χ0n) is 17.1. The van der Waals surface area contributed by atoms with Crippen molar-refractivity contribution in [1.29, 1.82) is 0 Å². The van der Waals surface area contributed by atoms with Crippen molar-refractivity contribution in [2.45, 2.75) is 6.92 Å². The lowest BCUT2D eigenvalue weighted by molar-refractivity contribution is -0.116. The smallest absolute Gasteiger partial charge is 0.235 e. The monoisotopic (exact) mass is 473 g/mol. The molecule has 0 atom stereocenters. The second-order valence-electron chi connectivity index (χ2n) is 7.06. The van der Waals surface area contributed by atoms with Gasteiger partial charge in [0.2, 0.25) is 5.78 Å². The Hall–Kier alpha value is -3.44. The molecule has 0 aromatic heterocycles. The fourth-order valence-electron chi connectivity index (χ4n) is 3.61. The van der Waals surface area contributed by atoms with Crippen molar-refractivity contribution in [1.82, 2.24) is 0 Å². The van der Waals surface area contributed by atoms with Crippen LogP contribution < -0.4 is 4.90 Å². The zero-order valence-corrected chi connectivity index (χ0v) is 18.7. The molecular weight excluding hydrogens is 454 g/mol. The number of hydrogen-bond acceptors (Lipinski definition) is 4. The van der Waals surface area contributed by atoms with Gasteiger partial charge in [-0.15, -0.1) is 0 Å². The van der Waals surface area contributed by atoms with E-state index < -0.39 is 0 Å². The van der Waals surface area contributed by atoms with Crippen LogP contribution in [0.2, 0.25) is 0 Å². The number of allylic oxidation sites excluding steroid dienone is 3. The Bertz CT molecular complexity index is 1160. The van der Waals surface area contributed by atoms with Crippen molar-refractivity contribution in [2.75, 3.05) is 12.0 Å². The largest absolute Gasteiger partial charge is 0.492 e. The second kappa shape index (κ2) is 8.74. The van der Waals surface area contributed by atoms with Crippen LogP contribution in [-0.2, 0) is 14.3 Å². The summed E-state index contributed by atoms with van der Waals surface area (Å²) in [6.45, 7) is 1.64. The number of rotatable bonds is 5. The fourth-order valence-corrected chi connectivity index (χ4v) is 3.97. The first-order chi connectivity index (χ1) is 15.0. The van der Waals surface area contributed by atoms with Gasteiger partial charge in [0.1, 0.15) is 0 Å². The molecule has 0 aliphatic heterocycles. The Balaban J connectivity index is 1.79. The predicted octanol–water partition coefficient (Wildman–Crippen LogP) is 6.33. The molecule has 4 nitrogen and oxygen atoms in total. The van der Waals surface area contributed by atoms with E-state index in [9.17, 15) is 9.59 Å². The lowest BCUT2D eigenvalue weighted by atomic mass is 9.90. The molecular formula is C26H20BrNO3. The van der Waals surface area contributed by atoms with Crippen molar-refractivity contribution in [3.8, 4) is 0 Å². The maximum absolute atomic E-state index is 12.9. The molecule has 0 fully saturated rings. The van der Waals surface area contributed by atoms with E-state index in [1.54, 1.807) is 6.92 Å². The summed E-state index contributed by atoms with van der Waals surface area (Å²) in [6, 6.07) is 27.7. The molecule has 0 radical (unpaired) electrons. The zero-order chi connectivity index (χ0) is 22.0. The van der Waals surface area contributed by atoms with Crippen LogP contribution in [0.4, 0.5) is 17.1 Å². The van der Waals surface area contributed by atoms with Gasteiger partial charge >= 0.3 is 0 Å². The summed E-state index contributed by atoms with van der Waals surface area (Å²) in [5, 5.41) is 0. The number of hydrogen-bond donors (Lipinski definition) is 0. The van der Waals surface area contributed by atoms with Crippen molar-refractivity contribution < 1.29 is 14.3 Å². The van der Waals surface area contributed by atoms with Crippen LogP contribution in [0.5, 0.6) is 0 Å². The Labute approximate surface area is 189 Å². The van der Waals surface area contributed by atoms with Crippen LogP contribution in [0.1, 0.15) is 12.5 Å². The number of ketones is 2. The third kappa shape index (κ3) is 3.84. The topological polar surface area (TPSA) is 46.6 Å². The van der Waals surface area contributed by atoms with E-state index >= 15 is 0 Å². The molecule has 5 heteroatoms. The van der Waals surface area contributed by atoms with Crippen LogP contribution in [0, 0.1) is 0 Å². The number of nitrogens with zero attached hydrogens (tertiary/aromatic N) is 1. The number of para-hydroxylation sites is 2. The third-order valence-corrected chi connectivity index (χ3v) is 6.13. The number of halogens is 1. The minimum absolute atomic E-state index is 0.0539. The van der Waals surface area contributed by atoms with Gasteiger partial charge in [0.05, 0.1) is 17.2 Å². The van der Waals surface area contributed by atoms with E-state index in [1.807, 2.05) is 84.9 Å². The molecule has 0 N–H and O–H groups in total. The molecule has 0 spiro atoms. The van der Waals surface area contributed by atoms with Gasteiger partial charge in [-0.05, 0) is 64.8 Å². The molecule has 1 aliphatic rings. The highest BCUT2D eigenvalue weighted by Crippen LogP contribution is 2.37. The molecule has 154 valence electrons. The van der Waals surface area contributed by atoms with E-state index in [0.717, 1.165) is 17.1 Å². The summed E-state index contributed by atoms with van der Waals surface area (Å²) in [4.78, 5) is 27.6. The number of anilines is 3. The van der Waals surface area contributed by atoms with Crippen LogP contribution in [0.15, 0.2) is 101 Å². The van der Waals surface area contributed by atoms with E-state index in [2.05, 4.69) is 20.8 Å². The molecule has 0 heterocycles. The Morgan fingerprint density at radius 1 is 0.710 bits per heavy atom. The molecule has 0 saturated carbocycles. The summed E-state index contributed by atoms with van der Waals surface area (Å²) in [5.41, 5.74) is 4.27. The van der Waals surface area contributed by atoms with Crippen molar-refractivity contribution in [2.24, 2.45) is 0 Å². The van der Waals surface area contributed by atoms with Crippen LogP contribution in [0.25, 0.3) is 5.57 Å². The summed E-state index contributed by atoms with van der Waals surface area (Å²) >= 11 is 3.21. The van der Waals surface area contributed by atoms with Crippen LogP contribution >= 0.6 is 15.9 Å². The molecule has 0 saturated heterocycles. The maximum atomic E-state index is 12.9. The van der Waals surface area contributed by atoms with Gasteiger partial charge in [0.15, 0.2) is 11.5 Å². The second-order valence-corrected chi connectivity index (χ2v) is 7.85. The average Bonchev–Trinajstić information content (AvgIpc) is 2.82. The number of carbonyl (C=O) groups is 2. The van der Waals surface area contributed by atoms with E-state index in [4.69, 9.17) is 4.74 Å². The van der Waals surface area contributed by atoms with E-state index in [1.165, 1.54) is 7.11 Å². The van der Waals surface area contributed by atoms with Gasteiger partial charge < -0.3 is 9.64 Å². The number of methoxy groups -OCH3 is 1. The summed E-state index contributed by atoms with van der Waals surface area (Å²) < 4.78 is 5.56. The summed E-state index contributed by atoms with van der Waals surface area (Å²) in [5.74, 6) is -0.494. The van der Waals surface area contributed by atoms with Gasteiger partial charge in [-0.2, -0.15) is 0 Å². The first-order valence-corrected chi connectivity index (χ1v) is 10.6. The normalized spacial score (nSPS) is 14.2. The average molecular weight is 474 g/mol. The molecule has 0 unspecified atom stereocenters. The Morgan fingerprint density at radius 2 is 1.19 bits per heavy atom. The first-order valence-electron chi connectivity index (χ1n) is 9.77. The molecule has 4 rings (SSSR count). The van der Waals surface area contributed by atoms with Gasteiger partial charge in [0, 0.05) is 22.6 Å². The Morgan fingerprint density at radius 3 is 1.68 bits per heavy atom. The quantitative estimate of drug-likeness (QED) is 0.405. The molecule has 0 amide bonds. The summed E-state index contributed by atoms with van der Waals surface area (Å²) in [7, 11) is 1.41. The van der Waals surface area contributed by atoms with Crippen molar-refractivity contribution in [3.05, 3.63) is 106 Å². The van der Waals surface area contributed by atoms with Gasteiger partial charge in [-0.25, -0.2) is 0 Å². The van der Waals surface area contributed by atoms with E-state index in [0.29, 0.717) is 11.1 Å². The highest BCUT2D eigenvalue weighted by Gasteiger charge is 2.33. The lowest BCUT2D eigenvalue weighted by Crippen LogP contribution is -2.21. The molecule has 31 heavy (non-hydrogen) atoms. The minimum atomic E-state index is -0.325.